The van der Waals surface area contributed by atoms with Crippen molar-refractivity contribution in [2.75, 3.05) is 26.7 Å². The Hall–Kier alpha value is -2.20. The van der Waals surface area contributed by atoms with Crippen LogP contribution in [-0.2, 0) is 10.0 Å². The summed E-state index contributed by atoms with van der Waals surface area (Å²) in [6.07, 6.45) is 0. The number of rotatable bonds is 5. The molecule has 0 radical (unpaired) electrons. The van der Waals surface area contributed by atoms with Crippen LogP contribution < -0.4 is 10.1 Å². The fourth-order valence-electron chi connectivity index (χ4n) is 3.07. The number of ether oxygens (including phenoxy) is 1. The molecule has 2 aromatic carbocycles. The average Bonchev–Trinajstić information content (AvgIpc) is 2.68. The van der Waals surface area contributed by atoms with Gasteiger partial charge < -0.3 is 10.1 Å². The second kappa shape index (κ2) is 8.66. The van der Waals surface area contributed by atoms with Crippen molar-refractivity contribution in [3.63, 3.8) is 0 Å². The van der Waals surface area contributed by atoms with Crippen molar-refractivity contribution in [1.29, 1.82) is 0 Å². The minimum absolute atomic E-state index is 0. The normalized spacial score (nSPS) is 17.7. The smallest absolute Gasteiger partial charge is 0.270 e. The first-order valence-electron chi connectivity index (χ1n) is 8.05. The van der Waals surface area contributed by atoms with Crippen LogP contribution in [0.15, 0.2) is 53.4 Å². The summed E-state index contributed by atoms with van der Waals surface area (Å²) >= 11 is 0. The fraction of sp³-hybridized carbons (Fsp3) is 0.294. The van der Waals surface area contributed by atoms with Crippen LogP contribution in [0.5, 0.6) is 5.75 Å². The second-order valence-corrected chi connectivity index (χ2v) is 7.72. The maximum absolute atomic E-state index is 13.2. The van der Waals surface area contributed by atoms with Gasteiger partial charge in [0, 0.05) is 37.3 Å². The fourth-order valence-corrected chi connectivity index (χ4v) is 4.72. The second-order valence-electron chi connectivity index (χ2n) is 5.83. The summed E-state index contributed by atoms with van der Waals surface area (Å²) in [6.45, 7) is 1.18. The molecule has 1 N–H and O–H groups in total. The standard InChI is InChI=1S/C17H19N3O5S.ClH/c1-25-17-8-3-2-7-15(17)16-12-18-9-10-19(16)26(23,24)14-6-4-5-13(11-14)20(21)22;/h2-8,11,16,18H,9-10,12H2,1H3;1H. The van der Waals surface area contributed by atoms with Crippen LogP contribution in [0.4, 0.5) is 5.69 Å². The molecule has 1 fully saturated rings. The molecule has 1 atom stereocenters. The molecule has 3 rings (SSSR count). The first kappa shape index (κ1) is 21.1. The molecule has 0 spiro atoms. The van der Waals surface area contributed by atoms with Gasteiger partial charge in [-0.15, -0.1) is 12.4 Å². The minimum atomic E-state index is -3.91. The van der Waals surface area contributed by atoms with Crippen LogP contribution in [0, 0.1) is 10.1 Å². The number of hydrogen-bond donors (Lipinski definition) is 1. The minimum Gasteiger partial charge on any atom is -0.496 e. The molecule has 0 aromatic heterocycles. The molecule has 10 heteroatoms. The van der Waals surface area contributed by atoms with Gasteiger partial charge in [-0.25, -0.2) is 8.42 Å². The number of sulfonamides is 1. The molecule has 0 aliphatic carbocycles. The number of halogens is 1. The Balaban J connectivity index is 0.00000261. The highest BCUT2D eigenvalue weighted by Gasteiger charge is 2.36. The van der Waals surface area contributed by atoms with Crippen molar-refractivity contribution in [2.45, 2.75) is 10.9 Å². The summed E-state index contributed by atoms with van der Waals surface area (Å²) in [6, 6.07) is 11.9. The van der Waals surface area contributed by atoms with Gasteiger partial charge in [0.1, 0.15) is 5.75 Å². The Morgan fingerprint density at radius 1 is 1.22 bits per heavy atom. The first-order chi connectivity index (χ1) is 12.4. The topological polar surface area (TPSA) is 102 Å². The molecule has 1 saturated heterocycles. The lowest BCUT2D eigenvalue weighted by molar-refractivity contribution is -0.385. The number of benzene rings is 2. The summed E-state index contributed by atoms with van der Waals surface area (Å²) in [5, 5.41) is 14.2. The summed E-state index contributed by atoms with van der Waals surface area (Å²) in [7, 11) is -2.37. The summed E-state index contributed by atoms with van der Waals surface area (Å²) in [4.78, 5) is 10.3. The van der Waals surface area contributed by atoms with E-state index in [-0.39, 0.29) is 29.5 Å². The Morgan fingerprint density at radius 2 is 1.96 bits per heavy atom. The zero-order valence-corrected chi connectivity index (χ0v) is 16.2. The van der Waals surface area contributed by atoms with Crippen LogP contribution >= 0.6 is 12.4 Å². The molecular weight excluding hydrogens is 394 g/mol. The number of nitro benzene ring substituents is 1. The molecule has 1 unspecified atom stereocenters. The van der Waals surface area contributed by atoms with Crippen LogP contribution in [0.1, 0.15) is 11.6 Å². The SMILES string of the molecule is COc1ccccc1C1CNCCN1S(=O)(=O)c1cccc([N+](=O)[O-])c1.Cl. The van der Waals surface area contributed by atoms with Gasteiger partial charge in [-0.2, -0.15) is 4.31 Å². The Labute approximate surface area is 163 Å². The zero-order valence-electron chi connectivity index (χ0n) is 14.6. The average molecular weight is 414 g/mol. The lowest BCUT2D eigenvalue weighted by atomic mass is 10.0. The highest BCUT2D eigenvalue weighted by molar-refractivity contribution is 7.89. The largest absolute Gasteiger partial charge is 0.496 e. The van der Waals surface area contributed by atoms with E-state index in [0.717, 1.165) is 11.6 Å². The highest BCUT2D eigenvalue weighted by Crippen LogP contribution is 2.34. The number of nitrogens with zero attached hydrogens (tertiary/aromatic N) is 2. The molecule has 8 nitrogen and oxygen atoms in total. The predicted octanol–water partition coefficient (Wildman–Crippen LogP) is 2.36. The van der Waals surface area contributed by atoms with E-state index in [4.69, 9.17) is 4.74 Å². The van der Waals surface area contributed by atoms with Gasteiger partial charge in [0.2, 0.25) is 10.0 Å². The monoisotopic (exact) mass is 413 g/mol. The van der Waals surface area contributed by atoms with Gasteiger partial charge in [0.25, 0.3) is 5.69 Å². The van der Waals surface area contributed by atoms with Crippen molar-refractivity contribution < 1.29 is 18.1 Å². The number of methoxy groups -OCH3 is 1. The number of piperazine rings is 1. The third-order valence-corrected chi connectivity index (χ3v) is 6.23. The van der Waals surface area contributed by atoms with Gasteiger partial charge in [0.15, 0.2) is 0 Å². The van der Waals surface area contributed by atoms with Gasteiger partial charge >= 0.3 is 0 Å². The number of para-hydroxylation sites is 1. The lowest BCUT2D eigenvalue weighted by Crippen LogP contribution is -2.48. The quantitative estimate of drug-likeness (QED) is 0.596. The van der Waals surface area contributed by atoms with E-state index in [0.29, 0.717) is 18.8 Å². The Bertz CT molecular complexity index is 922. The maximum Gasteiger partial charge on any atom is 0.270 e. The molecule has 1 heterocycles. The number of non-ortho nitro benzene ring substituents is 1. The van der Waals surface area contributed by atoms with Crippen molar-refractivity contribution in [3.8, 4) is 5.75 Å². The lowest BCUT2D eigenvalue weighted by Gasteiger charge is -2.36. The molecule has 2 aromatic rings. The van der Waals surface area contributed by atoms with Gasteiger partial charge in [-0.3, -0.25) is 10.1 Å². The van der Waals surface area contributed by atoms with E-state index in [9.17, 15) is 18.5 Å². The maximum atomic E-state index is 13.2. The van der Waals surface area contributed by atoms with Crippen LogP contribution in [0.25, 0.3) is 0 Å². The highest BCUT2D eigenvalue weighted by atomic mass is 35.5. The van der Waals surface area contributed by atoms with E-state index >= 15 is 0 Å². The summed E-state index contributed by atoms with van der Waals surface area (Å²) < 4.78 is 33.1. The van der Waals surface area contributed by atoms with E-state index in [1.54, 1.807) is 6.07 Å². The summed E-state index contributed by atoms with van der Waals surface area (Å²) in [5.41, 5.74) is 0.492. The predicted molar refractivity (Wildman–Crippen MR) is 103 cm³/mol. The van der Waals surface area contributed by atoms with E-state index in [2.05, 4.69) is 5.32 Å². The van der Waals surface area contributed by atoms with E-state index in [1.807, 2.05) is 18.2 Å². The zero-order chi connectivity index (χ0) is 18.7. The molecular formula is C17H20ClN3O5S. The molecule has 1 aliphatic heterocycles. The first-order valence-corrected chi connectivity index (χ1v) is 9.49. The van der Waals surface area contributed by atoms with Crippen molar-refractivity contribution in [1.82, 2.24) is 9.62 Å². The van der Waals surface area contributed by atoms with Gasteiger partial charge in [0.05, 0.1) is 23.0 Å². The van der Waals surface area contributed by atoms with E-state index < -0.39 is 21.0 Å². The number of hydrogen-bond acceptors (Lipinski definition) is 6. The Kier molecular flexibility index (Phi) is 6.77. The molecule has 1 aliphatic rings. The summed E-state index contributed by atoms with van der Waals surface area (Å²) in [5.74, 6) is 0.598. The molecule has 146 valence electrons. The van der Waals surface area contributed by atoms with Crippen molar-refractivity contribution in [3.05, 3.63) is 64.2 Å². The molecule has 0 saturated carbocycles. The number of nitro groups is 1. The third kappa shape index (κ3) is 4.22. The molecule has 0 amide bonds. The van der Waals surface area contributed by atoms with Crippen LogP contribution in [0.2, 0.25) is 0 Å². The molecule has 0 bridgehead atoms. The third-order valence-electron chi connectivity index (χ3n) is 4.33. The van der Waals surface area contributed by atoms with Crippen molar-refractivity contribution in [2.24, 2.45) is 0 Å². The van der Waals surface area contributed by atoms with Crippen molar-refractivity contribution >= 4 is 28.1 Å². The van der Waals surface area contributed by atoms with Crippen LogP contribution in [0.3, 0.4) is 0 Å². The number of nitrogens with one attached hydrogen (secondary N) is 1. The Morgan fingerprint density at radius 3 is 2.67 bits per heavy atom. The van der Waals surface area contributed by atoms with Gasteiger partial charge in [-0.05, 0) is 12.1 Å². The molecule has 27 heavy (non-hydrogen) atoms. The van der Waals surface area contributed by atoms with E-state index in [1.165, 1.54) is 29.6 Å². The van der Waals surface area contributed by atoms with Gasteiger partial charge in [-0.1, -0.05) is 24.3 Å². The van der Waals surface area contributed by atoms with Crippen LogP contribution in [-0.4, -0.2) is 44.4 Å².